The van der Waals surface area contributed by atoms with Crippen LogP contribution >= 0.6 is 11.6 Å². The molecule has 3 atom stereocenters. The van der Waals surface area contributed by atoms with Crippen LogP contribution in [0.4, 0.5) is 30.5 Å². The molecule has 1 saturated heterocycles. The molecule has 1 aliphatic heterocycles. The molecular weight excluding hydrogens is 517 g/mol. The molecule has 1 aromatic heterocycles. The summed E-state index contributed by atoms with van der Waals surface area (Å²) >= 11 is 6.32. The topological polar surface area (TPSA) is 90.5 Å². The molecule has 11 heteroatoms. The van der Waals surface area contributed by atoms with Gasteiger partial charge in [0.1, 0.15) is 5.69 Å². The Kier molecular flexibility index (Phi) is 8.64. The Labute approximate surface area is 227 Å². The number of nitrogen functional groups attached to an aromatic ring is 1. The van der Waals surface area contributed by atoms with Gasteiger partial charge in [-0.05, 0) is 61.9 Å². The van der Waals surface area contributed by atoms with Gasteiger partial charge < -0.3 is 21.1 Å². The van der Waals surface area contributed by atoms with Crippen LogP contribution in [0.3, 0.4) is 0 Å². The van der Waals surface area contributed by atoms with E-state index >= 15 is 0 Å². The summed E-state index contributed by atoms with van der Waals surface area (Å²) in [6.45, 7) is 7.91. The quantitative estimate of drug-likeness (QED) is 0.351. The number of aromatic nitrogens is 2. The number of rotatable bonds is 8. The maximum absolute atomic E-state index is 13.1. The van der Waals surface area contributed by atoms with Crippen LogP contribution in [-0.2, 0) is 6.18 Å². The zero-order valence-electron chi connectivity index (χ0n) is 22.2. The van der Waals surface area contributed by atoms with Gasteiger partial charge in [0.15, 0.2) is 11.6 Å². The molecule has 2 fully saturated rings. The molecule has 210 valence electrons. The largest absolute Gasteiger partial charge is 0.416 e. The predicted molar refractivity (Wildman–Crippen MR) is 145 cm³/mol. The van der Waals surface area contributed by atoms with Crippen LogP contribution in [0.2, 0.25) is 5.28 Å². The number of hydrogen-bond acceptors (Lipinski definition) is 7. The van der Waals surface area contributed by atoms with Crippen LogP contribution in [-0.4, -0.2) is 57.3 Å². The third-order valence-electron chi connectivity index (χ3n) is 8.05. The van der Waals surface area contributed by atoms with Gasteiger partial charge in [0.2, 0.25) is 5.28 Å². The number of hydrogen-bond donors (Lipinski definition) is 3. The van der Waals surface area contributed by atoms with Crippen molar-refractivity contribution in [3.8, 4) is 0 Å². The second-order valence-electron chi connectivity index (χ2n) is 10.7. The minimum Gasteiger partial charge on any atom is -0.393 e. The Morgan fingerprint density at radius 2 is 1.82 bits per heavy atom. The highest BCUT2D eigenvalue weighted by atomic mass is 35.5. The van der Waals surface area contributed by atoms with E-state index in [0.29, 0.717) is 37.0 Å². The average Bonchev–Trinajstić information content (AvgIpc) is 3.31. The fourth-order valence-corrected chi connectivity index (χ4v) is 6.07. The Hall–Kier alpha value is -2.30. The Bertz CT molecular complexity index is 1090. The Morgan fingerprint density at radius 3 is 2.39 bits per heavy atom. The Morgan fingerprint density at radius 1 is 1.16 bits per heavy atom. The first kappa shape index (κ1) is 28.7. The number of alkyl halides is 3. The van der Waals surface area contributed by atoms with Crippen molar-refractivity contribution >= 4 is 28.9 Å². The van der Waals surface area contributed by atoms with Crippen molar-refractivity contribution in [1.82, 2.24) is 14.9 Å². The molecule has 0 amide bonds. The molecule has 2 aliphatic rings. The van der Waals surface area contributed by atoms with Crippen molar-refractivity contribution in [2.45, 2.75) is 89.2 Å². The summed E-state index contributed by atoms with van der Waals surface area (Å²) in [4.78, 5) is 13.3. The smallest absolute Gasteiger partial charge is 0.393 e. The number of halogens is 4. The van der Waals surface area contributed by atoms with Crippen LogP contribution in [0.1, 0.15) is 76.5 Å². The van der Waals surface area contributed by atoms with Crippen LogP contribution in [0.25, 0.3) is 0 Å². The Balaban J connectivity index is 1.55. The molecule has 1 aliphatic carbocycles. The predicted octanol–water partition coefficient (Wildman–Crippen LogP) is 5.89. The maximum atomic E-state index is 13.1. The number of nitrogens with one attached hydrogen (secondary N) is 1. The molecule has 7 nitrogen and oxygen atoms in total. The van der Waals surface area contributed by atoms with Crippen molar-refractivity contribution in [3.05, 3.63) is 40.7 Å². The number of benzene rings is 1. The fraction of sp³-hybridized carbons (Fsp3) is 0.630. The summed E-state index contributed by atoms with van der Waals surface area (Å²) in [7, 11) is 0. The zero-order chi connectivity index (χ0) is 27.7. The molecule has 0 radical (unpaired) electrons. The van der Waals surface area contributed by atoms with E-state index in [1.54, 1.807) is 12.1 Å². The van der Waals surface area contributed by atoms with E-state index in [2.05, 4.69) is 45.9 Å². The SMILES string of the molecule is CCC(c1ccc(C(F)(F)F)cc1)N1C[C@H](C)N(c2nc(Cl)nc(NCC3(O)CCCC3)c2N)C[C@H]1CC. The number of piperazine rings is 1. The van der Waals surface area contributed by atoms with Gasteiger partial charge in [-0.1, -0.05) is 38.8 Å². The molecule has 4 N–H and O–H groups in total. The van der Waals surface area contributed by atoms with Gasteiger partial charge >= 0.3 is 6.18 Å². The first-order chi connectivity index (χ1) is 18.0. The number of nitrogens with zero attached hydrogens (tertiary/aromatic N) is 4. The van der Waals surface area contributed by atoms with Crippen molar-refractivity contribution in [2.75, 3.05) is 35.6 Å². The lowest BCUT2D eigenvalue weighted by molar-refractivity contribution is -0.137. The van der Waals surface area contributed by atoms with Crippen LogP contribution in [0, 0.1) is 0 Å². The lowest BCUT2D eigenvalue weighted by Gasteiger charge is -2.49. The summed E-state index contributed by atoms with van der Waals surface area (Å²) < 4.78 is 39.3. The third-order valence-corrected chi connectivity index (χ3v) is 8.22. The lowest BCUT2D eigenvalue weighted by Crippen LogP contribution is -2.58. The molecule has 1 unspecified atom stereocenters. The highest BCUT2D eigenvalue weighted by Crippen LogP contribution is 2.38. The molecule has 2 heterocycles. The van der Waals surface area contributed by atoms with E-state index in [4.69, 9.17) is 17.3 Å². The zero-order valence-corrected chi connectivity index (χ0v) is 23.0. The van der Waals surface area contributed by atoms with Gasteiger partial charge in [-0.2, -0.15) is 23.1 Å². The highest BCUT2D eigenvalue weighted by Gasteiger charge is 2.37. The van der Waals surface area contributed by atoms with E-state index in [1.165, 1.54) is 12.1 Å². The molecule has 4 rings (SSSR count). The normalized spacial score (nSPS) is 23.0. The molecule has 2 aromatic rings. The van der Waals surface area contributed by atoms with Crippen molar-refractivity contribution in [2.24, 2.45) is 0 Å². The lowest BCUT2D eigenvalue weighted by atomic mass is 9.95. The van der Waals surface area contributed by atoms with Gasteiger partial charge in [0.05, 0.1) is 11.2 Å². The van der Waals surface area contributed by atoms with E-state index in [0.717, 1.165) is 44.1 Å². The fourth-order valence-electron chi connectivity index (χ4n) is 5.90. The molecule has 0 bridgehead atoms. The first-order valence-corrected chi connectivity index (χ1v) is 13.8. The second kappa shape index (κ2) is 11.4. The summed E-state index contributed by atoms with van der Waals surface area (Å²) in [5.74, 6) is 0.971. The van der Waals surface area contributed by atoms with Crippen LogP contribution in [0.5, 0.6) is 0 Å². The van der Waals surface area contributed by atoms with E-state index in [1.807, 2.05) is 0 Å². The highest BCUT2D eigenvalue weighted by molar-refractivity contribution is 6.28. The number of nitrogens with two attached hydrogens (primary N) is 1. The number of aliphatic hydroxyl groups is 1. The van der Waals surface area contributed by atoms with E-state index in [-0.39, 0.29) is 23.4 Å². The van der Waals surface area contributed by atoms with Crippen molar-refractivity contribution in [1.29, 1.82) is 0 Å². The second-order valence-corrected chi connectivity index (χ2v) is 11.0. The summed E-state index contributed by atoms with van der Waals surface area (Å²) in [6, 6.07) is 5.65. The summed E-state index contributed by atoms with van der Waals surface area (Å²) in [5, 5.41) is 14.0. The first-order valence-electron chi connectivity index (χ1n) is 13.4. The van der Waals surface area contributed by atoms with Crippen LogP contribution < -0.4 is 16.0 Å². The van der Waals surface area contributed by atoms with Crippen LogP contribution in [0.15, 0.2) is 24.3 Å². The van der Waals surface area contributed by atoms with Gasteiger partial charge in [-0.3, -0.25) is 4.90 Å². The maximum Gasteiger partial charge on any atom is 0.416 e. The molecule has 1 aromatic carbocycles. The van der Waals surface area contributed by atoms with Crippen molar-refractivity contribution in [3.63, 3.8) is 0 Å². The average molecular weight is 555 g/mol. The summed E-state index contributed by atoms with van der Waals surface area (Å²) in [5.41, 5.74) is 6.40. The van der Waals surface area contributed by atoms with Gasteiger partial charge in [-0.15, -0.1) is 0 Å². The van der Waals surface area contributed by atoms with Gasteiger partial charge in [-0.25, -0.2) is 0 Å². The standard InChI is InChI=1S/C27H38ClF3N6O/c1-4-20-15-36(24-22(32)23(34-25(28)35-24)33-16-26(38)12-6-7-13-26)17(3)14-37(20)21(5-2)18-8-10-19(11-9-18)27(29,30)31/h8-11,17,20-21,38H,4-7,12-16,32H2,1-3H3,(H,33,34,35)/t17-,20+,21?/m0/s1. The van der Waals surface area contributed by atoms with Crippen molar-refractivity contribution < 1.29 is 18.3 Å². The van der Waals surface area contributed by atoms with Gasteiger partial charge in [0.25, 0.3) is 0 Å². The monoisotopic (exact) mass is 554 g/mol. The van der Waals surface area contributed by atoms with E-state index in [9.17, 15) is 18.3 Å². The minimum atomic E-state index is -4.35. The molecule has 1 saturated carbocycles. The van der Waals surface area contributed by atoms with Gasteiger partial charge in [0, 0.05) is 37.8 Å². The number of anilines is 3. The third kappa shape index (κ3) is 6.13. The van der Waals surface area contributed by atoms with E-state index < -0.39 is 17.3 Å². The molecule has 0 spiro atoms. The minimum absolute atomic E-state index is 0.0115. The molecule has 38 heavy (non-hydrogen) atoms. The summed E-state index contributed by atoms with van der Waals surface area (Å²) in [6.07, 6.45) is 0.724. The molecular formula is C27H38ClF3N6O.